The third-order valence-electron chi connectivity index (χ3n) is 4.90. The Labute approximate surface area is 173 Å². The lowest BCUT2D eigenvalue weighted by molar-refractivity contribution is 0.0995. The first-order chi connectivity index (χ1) is 14.5. The number of fused-ring (bicyclic) bond motifs is 1. The Kier molecular flexibility index (Phi) is 5.49. The monoisotopic (exact) mass is 413 g/mol. The zero-order chi connectivity index (χ0) is 21.3. The highest BCUT2D eigenvalue weighted by atomic mass is 19.1. The van der Waals surface area contributed by atoms with Crippen LogP contribution in [0.25, 0.3) is 22.2 Å². The van der Waals surface area contributed by atoms with Gasteiger partial charge in [-0.1, -0.05) is 6.92 Å². The first kappa shape index (κ1) is 20.0. The maximum absolute atomic E-state index is 14.8. The van der Waals surface area contributed by atoms with E-state index in [0.29, 0.717) is 36.6 Å². The Morgan fingerprint density at radius 3 is 2.77 bits per heavy atom. The fourth-order valence-corrected chi connectivity index (χ4v) is 3.52. The number of hydrogen-bond donors (Lipinski definition) is 2. The number of aromatic nitrogens is 4. The molecule has 1 aliphatic heterocycles. The van der Waals surface area contributed by atoms with E-state index in [1.54, 1.807) is 19.3 Å². The average molecular weight is 413 g/mol. The zero-order valence-corrected chi connectivity index (χ0v) is 17.0. The highest BCUT2D eigenvalue weighted by molar-refractivity contribution is 6.02. The maximum Gasteiger partial charge on any atom is 0.256 e. The van der Waals surface area contributed by atoms with Gasteiger partial charge in [0, 0.05) is 50.4 Å². The van der Waals surface area contributed by atoms with Gasteiger partial charge >= 0.3 is 0 Å². The van der Waals surface area contributed by atoms with E-state index < -0.39 is 11.7 Å². The minimum absolute atomic E-state index is 0.0463. The standard InChI is InChI=1S/C20H24FN7O2/c1-3-8-30-19-15(18(22)29)17(24-20(25-19)28-6-4-23-5-7-28)12-9-13-11-27(2)26-16(13)14(21)10-12/h9-11,23H,3-8H2,1-2H3,(H2,22,29). The Hall–Kier alpha value is -3.27. The first-order valence-corrected chi connectivity index (χ1v) is 9.91. The number of halogens is 1. The number of rotatable bonds is 6. The van der Waals surface area contributed by atoms with E-state index in [9.17, 15) is 9.18 Å². The predicted octanol–water partition coefficient (Wildman–Crippen LogP) is 1.47. The number of benzene rings is 1. The van der Waals surface area contributed by atoms with Crippen molar-refractivity contribution < 1.29 is 13.9 Å². The second kappa shape index (κ2) is 8.23. The topological polar surface area (TPSA) is 111 Å². The molecular formula is C20H24FN7O2. The van der Waals surface area contributed by atoms with Gasteiger partial charge in [-0.15, -0.1) is 0 Å². The fourth-order valence-electron chi connectivity index (χ4n) is 3.52. The van der Waals surface area contributed by atoms with Crippen molar-refractivity contribution in [2.24, 2.45) is 12.8 Å². The van der Waals surface area contributed by atoms with Crippen LogP contribution in [0.1, 0.15) is 23.7 Å². The summed E-state index contributed by atoms with van der Waals surface area (Å²) >= 11 is 0. The fraction of sp³-hybridized carbons (Fsp3) is 0.400. The predicted molar refractivity (Wildman–Crippen MR) is 111 cm³/mol. The van der Waals surface area contributed by atoms with Crippen LogP contribution in [0.2, 0.25) is 0 Å². The molecule has 10 heteroatoms. The molecule has 30 heavy (non-hydrogen) atoms. The van der Waals surface area contributed by atoms with Gasteiger partial charge in [0.2, 0.25) is 11.8 Å². The molecule has 1 amide bonds. The van der Waals surface area contributed by atoms with Crippen LogP contribution in [0, 0.1) is 5.82 Å². The molecule has 9 nitrogen and oxygen atoms in total. The van der Waals surface area contributed by atoms with Crippen LogP contribution in [0.3, 0.4) is 0 Å². The number of nitrogens with two attached hydrogens (primary N) is 1. The van der Waals surface area contributed by atoms with Crippen LogP contribution in [-0.2, 0) is 7.05 Å². The number of aryl methyl sites for hydroxylation is 1. The summed E-state index contributed by atoms with van der Waals surface area (Å²) in [4.78, 5) is 23.5. The van der Waals surface area contributed by atoms with Gasteiger partial charge in [-0.25, -0.2) is 9.37 Å². The summed E-state index contributed by atoms with van der Waals surface area (Å²) in [5.74, 6) is -0.685. The van der Waals surface area contributed by atoms with Crippen LogP contribution in [-0.4, -0.2) is 58.4 Å². The third-order valence-corrected chi connectivity index (χ3v) is 4.90. The molecule has 4 rings (SSSR count). The Morgan fingerprint density at radius 2 is 2.07 bits per heavy atom. The summed E-state index contributed by atoms with van der Waals surface area (Å²) in [6.07, 6.45) is 2.44. The van der Waals surface area contributed by atoms with Gasteiger partial charge in [-0.3, -0.25) is 9.48 Å². The molecule has 0 unspecified atom stereocenters. The molecule has 0 bridgehead atoms. The SMILES string of the molecule is CCCOc1nc(N2CCNCC2)nc(-c2cc(F)c3nn(C)cc3c2)c1C(N)=O. The molecule has 3 heterocycles. The van der Waals surface area contributed by atoms with Gasteiger partial charge in [-0.2, -0.15) is 10.1 Å². The van der Waals surface area contributed by atoms with Gasteiger partial charge in [0.25, 0.3) is 5.91 Å². The number of carbonyl (C=O) groups is 1. The van der Waals surface area contributed by atoms with Crippen molar-refractivity contribution >= 4 is 22.8 Å². The van der Waals surface area contributed by atoms with Crippen molar-refractivity contribution in [3.05, 3.63) is 29.7 Å². The summed E-state index contributed by atoms with van der Waals surface area (Å²) in [5, 5.41) is 8.01. The summed E-state index contributed by atoms with van der Waals surface area (Å²) in [7, 11) is 1.72. The third kappa shape index (κ3) is 3.78. The van der Waals surface area contributed by atoms with Crippen molar-refractivity contribution in [1.29, 1.82) is 0 Å². The van der Waals surface area contributed by atoms with Crippen molar-refractivity contribution in [2.45, 2.75) is 13.3 Å². The largest absolute Gasteiger partial charge is 0.477 e. The van der Waals surface area contributed by atoms with Crippen molar-refractivity contribution in [2.75, 3.05) is 37.7 Å². The Balaban J connectivity index is 1.92. The van der Waals surface area contributed by atoms with E-state index in [0.717, 1.165) is 19.5 Å². The molecule has 3 aromatic rings. The van der Waals surface area contributed by atoms with E-state index in [4.69, 9.17) is 10.5 Å². The number of piperazine rings is 1. The van der Waals surface area contributed by atoms with E-state index >= 15 is 0 Å². The molecule has 1 saturated heterocycles. The lowest BCUT2D eigenvalue weighted by Crippen LogP contribution is -2.44. The average Bonchev–Trinajstić information content (AvgIpc) is 3.12. The van der Waals surface area contributed by atoms with Crippen molar-refractivity contribution in [3.8, 4) is 17.1 Å². The van der Waals surface area contributed by atoms with Gasteiger partial charge in [0.05, 0.1) is 12.3 Å². The number of ether oxygens (including phenoxy) is 1. The summed E-state index contributed by atoms with van der Waals surface area (Å²) in [5.41, 5.74) is 6.64. The van der Waals surface area contributed by atoms with Gasteiger partial charge in [0.1, 0.15) is 11.1 Å². The second-order valence-corrected chi connectivity index (χ2v) is 7.20. The molecular weight excluding hydrogens is 389 g/mol. The number of nitrogens with one attached hydrogen (secondary N) is 1. The zero-order valence-electron chi connectivity index (χ0n) is 17.0. The minimum atomic E-state index is -0.727. The molecule has 1 aromatic carbocycles. The molecule has 0 aliphatic carbocycles. The van der Waals surface area contributed by atoms with E-state index in [2.05, 4.69) is 20.4 Å². The Bertz CT molecular complexity index is 1090. The molecule has 1 aliphatic rings. The van der Waals surface area contributed by atoms with Crippen LogP contribution in [0.15, 0.2) is 18.3 Å². The molecule has 0 saturated carbocycles. The Morgan fingerprint density at radius 1 is 1.30 bits per heavy atom. The number of primary amides is 1. The number of amides is 1. The van der Waals surface area contributed by atoms with Crippen molar-refractivity contribution in [1.82, 2.24) is 25.1 Å². The van der Waals surface area contributed by atoms with Crippen LogP contribution < -0.4 is 20.7 Å². The first-order valence-electron chi connectivity index (χ1n) is 9.91. The van der Waals surface area contributed by atoms with Crippen LogP contribution in [0.4, 0.5) is 10.3 Å². The van der Waals surface area contributed by atoms with Gasteiger partial charge < -0.3 is 20.7 Å². The summed E-state index contributed by atoms with van der Waals surface area (Å²) in [6, 6.07) is 3.06. The highest BCUT2D eigenvalue weighted by Gasteiger charge is 2.25. The number of anilines is 1. The number of carbonyl (C=O) groups excluding carboxylic acids is 1. The van der Waals surface area contributed by atoms with E-state index in [1.165, 1.54) is 10.7 Å². The molecule has 0 spiro atoms. The van der Waals surface area contributed by atoms with E-state index in [-0.39, 0.29) is 22.7 Å². The summed E-state index contributed by atoms with van der Waals surface area (Å²) < 4.78 is 22.0. The van der Waals surface area contributed by atoms with Crippen LogP contribution >= 0.6 is 0 Å². The summed E-state index contributed by atoms with van der Waals surface area (Å²) in [6.45, 7) is 5.31. The smallest absolute Gasteiger partial charge is 0.256 e. The van der Waals surface area contributed by atoms with Gasteiger partial charge in [-0.05, 0) is 18.6 Å². The molecule has 2 aromatic heterocycles. The molecule has 3 N–H and O–H groups in total. The quantitative estimate of drug-likeness (QED) is 0.629. The van der Waals surface area contributed by atoms with Crippen molar-refractivity contribution in [3.63, 3.8) is 0 Å². The second-order valence-electron chi connectivity index (χ2n) is 7.20. The molecule has 0 atom stereocenters. The van der Waals surface area contributed by atoms with Gasteiger partial charge in [0.15, 0.2) is 5.82 Å². The highest BCUT2D eigenvalue weighted by Crippen LogP contribution is 2.33. The van der Waals surface area contributed by atoms with E-state index in [1.807, 2.05) is 11.8 Å². The number of hydrogen-bond acceptors (Lipinski definition) is 7. The molecule has 158 valence electrons. The van der Waals surface area contributed by atoms with Crippen LogP contribution in [0.5, 0.6) is 5.88 Å². The lowest BCUT2D eigenvalue weighted by atomic mass is 10.0. The number of nitrogens with zero attached hydrogens (tertiary/aromatic N) is 5. The normalized spacial score (nSPS) is 14.3. The maximum atomic E-state index is 14.8. The molecule has 0 radical (unpaired) electrons. The lowest BCUT2D eigenvalue weighted by Gasteiger charge is -2.28. The molecule has 1 fully saturated rings. The minimum Gasteiger partial charge on any atom is -0.477 e.